The number of rotatable bonds is 9. The zero-order valence-corrected chi connectivity index (χ0v) is 18.4. The molecule has 3 rings (SSSR count). The quantitative estimate of drug-likeness (QED) is 0.567. The topological polar surface area (TPSA) is 82.5 Å². The molecular weight excluding hydrogens is 394 g/mol. The van der Waals surface area contributed by atoms with Gasteiger partial charge in [-0.1, -0.05) is 32.0 Å². The van der Waals surface area contributed by atoms with Crippen LogP contribution in [0.4, 0.5) is 0 Å². The Morgan fingerprint density at radius 3 is 2.65 bits per heavy atom. The van der Waals surface area contributed by atoms with Crippen molar-refractivity contribution in [2.24, 2.45) is 5.92 Å². The van der Waals surface area contributed by atoms with E-state index in [1.54, 1.807) is 17.9 Å². The summed E-state index contributed by atoms with van der Waals surface area (Å²) in [4.78, 5) is 24.5. The van der Waals surface area contributed by atoms with Gasteiger partial charge in [0.05, 0.1) is 38.0 Å². The van der Waals surface area contributed by atoms with E-state index >= 15 is 0 Å². The van der Waals surface area contributed by atoms with Gasteiger partial charge in [-0.15, -0.1) is 0 Å². The number of hydrogen-bond donors (Lipinski definition) is 1. The molecule has 0 spiro atoms. The Hall–Kier alpha value is -3.35. The Labute approximate surface area is 182 Å². The number of methoxy groups -OCH3 is 1. The summed E-state index contributed by atoms with van der Waals surface area (Å²) in [5, 5.41) is 7.78. The number of hydrogen-bond acceptors (Lipinski definition) is 5. The Kier molecular flexibility index (Phi) is 7.28. The van der Waals surface area contributed by atoms with E-state index in [-0.39, 0.29) is 23.8 Å². The van der Waals surface area contributed by atoms with Crippen LogP contribution < -0.4 is 20.2 Å². The van der Waals surface area contributed by atoms with Crippen molar-refractivity contribution in [2.75, 3.05) is 13.7 Å². The van der Waals surface area contributed by atoms with E-state index in [1.807, 2.05) is 43.3 Å². The first-order chi connectivity index (χ1) is 14.9. The molecule has 0 bridgehead atoms. The molecular formula is C24H29N3O4. The van der Waals surface area contributed by atoms with Gasteiger partial charge in [0.2, 0.25) is 11.3 Å². The molecule has 164 valence electrons. The molecule has 1 N–H and O–H groups in total. The van der Waals surface area contributed by atoms with Gasteiger partial charge in [0.25, 0.3) is 0 Å². The maximum Gasteiger partial charge on any atom is 0.222 e. The Morgan fingerprint density at radius 2 is 1.90 bits per heavy atom. The van der Waals surface area contributed by atoms with E-state index in [0.717, 1.165) is 11.1 Å². The predicted molar refractivity (Wildman–Crippen MR) is 121 cm³/mol. The van der Waals surface area contributed by atoms with Crippen LogP contribution in [0.1, 0.15) is 38.8 Å². The molecule has 0 aliphatic rings. The lowest BCUT2D eigenvalue weighted by Gasteiger charge is -2.18. The Balaban J connectivity index is 1.63. The van der Waals surface area contributed by atoms with Crippen LogP contribution in [0.3, 0.4) is 0 Å². The number of para-hydroxylation sites is 1. The third-order valence-electron chi connectivity index (χ3n) is 4.95. The smallest absolute Gasteiger partial charge is 0.222 e. The van der Waals surface area contributed by atoms with Crippen LogP contribution in [0, 0.1) is 5.92 Å². The molecule has 1 amide bonds. The van der Waals surface area contributed by atoms with Crippen LogP contribution in [0.25, 0.3) is 10.9 Å². The van der Waals surface area contributed by atoms with Gasteiger partial charge >= 0.3 is 0 Å². The maximum absolute atomic E-state index is 12.5. The summed E-state index contributed by atoms with van der Waals surface area (Å²) in [7, 11) is 1.60. The molecule has 0 saturated carbocycles. The second kappa shape index (κ2) is 10.1. The van der Waals surface area contributed by atoms with Gasteiger partial charge < -0.3 is 14.8 Å². The minimum absolute atomic E-state index is 0.101. The third kappa shape index (κ3) is 5.63. The molecule has 7 nitrogen and oxygen atoms in total. The number of aryl methyl sites for hydroxylation is 1. The van der Waals surface area contributed by atoms with E-state index in [0.29, 0.717) is 36.0 Å². The molecule has 0 radical (unpaired) electrons. The van der Waals surface area contributed by atoms with Crippen LogP contribution in [0.15, 0.2) is 53.5 Å². The summed E-state index contributed by atoms with van der Waals surface area (Å²) in [6.45, 7) is 7.09. The van der Waals surface area contributed by atoms with Crippen molar-refractivity contribution in [2.45, 2.75) is 39.8 Å². The fraction of sp³-hybridized carbons (Fsp3) is 0.375. The average Bonchev–Trinajstić information content (AvgIpc) is 2.77. The van der Waals surface area contributed by atoms with Gasteiger partial charge in [-0.3, -0.25) is 14.3 Å². The lowest BCUT2D eigenvalue weighted by Crippen LogP contribution is -2.28. The molecule has 0 fully saturated rings. The Morgan fingerprint density at radius 1 is 1.13 bits per heavy atom. The van der Waals surface area contributed by atoms with Crippen LogP contribution in [-0.2, 0) is 11.3 Å². The third-order valence-corrected chi connectivity index (χ3v) is 4.95. The molecule has 1 unspecified atom stereocenters. The number of ether oxygens (including phenoxy) is 2. The van der Waals surface area contributed by atoms with Gasteiger partial charge in [0.1, 0.15) is 0 Å². The van der Waals surface area contributed by atoms with Crippen molar-refractivity contribution in [3.8, 4) is 11.5 Å². The molecule has 2 aromatic carbocycles. The summed E-state index contributed by atoms with van der Waals surface area (Å²) >= 11 is 0. The first-order valence-electron chi connectivity index (χ1n) is 10.4. The number of amides is 1. The van der Waals surface area contributed by atoms with E-state index < -0.39 is 0 Å². The highest BCUT2D eigenvalue weighted by Gasteiger charge is 2.14. The van der Waals surface area contributed by atoms with Crippen molar-refractivity contribution < 1.29 is 14.3 Å². The minimum Gasteiger partial charge on any atom is -0.493 e. The molecule has 0 aliphatic heterocycles. The van der Waals surface area contributed by atoms with Crippen LogP contribution >= 0.6 is 0 Å². The van der Waals surface area contributed by atoms with Crippen molar-refractivity contribution in [3.05, 3.63) is 64.4 Å². The highest BCUT2D eigenvalue weighted by atomic mass is 16.5. The normalized spacial score (nSPS) is 12.0. The second-order valence-electron chi connectivity index (χ2n) is 7.90. The summed E-state index contributed by atoms with van der Waals surface area (Å²) in [6, 6.07) is 12.8. The summed E-state index contributed by atoms with van der Waals surface area (Å²) in [6.07, 6.45) is 1.54. The summed E-state index contributed by atoms with van der Waals surface area (Å²) in [5.41, 5.74) is 1.52. The maximum atomic E-state index is 12.5. The highest BCUT2D eigenvalue weighted by Crippen LogP contribution is 2.30. The number of nitrogens with one attached hydrogen (secondary N) is 1. The van der Waals surface area contributed by atoms with Crippen molar-refractivity contribution in [1.29, 1.82) is 0 Å². The molecule has 31 heavy (non-hydrogen) atoms. The number of fused-ring (bicyclic) bond motifs is 1. The van der Waals surface area contributed by atoms with Gasteiger partial charge in [-0.2, -0.15) is 5.10 Å². The summed E-state index contributed by atoms with van der Waals surface area (Å²) < 4.78 is 12.9. The molecule has 7 heteroatoms. The highest BCUT2D eigenvalue weighted by molar-refractivity contribution is 5.79. The van der Waals surface area contributed by atoms with E-state index in [9.17, 15) is 9.59 Å². The molecule has 1 aromatic heterocycles. The van der Waals surface area contributed by atoms with Crippen molar-refractivity contribution in [1.82, 2.24) is 15.1 Å². The van der Waals surface area contributed by atoms with Gasteiger partial charge in [0, 0.05) is 11.8 Å². The summed E-state index contributed by atoms with van der Waals surface area (Å²) in [5.74, 6) is 1.64. The molecule has 1 atom stereocenters. The zero-order chi connectivity index (χ0) is 22.4. The molecule has 0 aliphatic carbocycles. The molecule has 1 heterocycles. The van der Waals surface area contributed by atoms with E-state index in [1.165, 1.54) is 6.20 Å². The number of aromatic nitrogens is 2. The van der Waals surface area contributed by atoms with Crippen molar-refractivity contribution >= 4 is 16.8 Å². The standard InChI is InChI=1S/C24H29N3O4/c1-16(2)15-31-22-10-9-18(13-23(22)30-4)17(3)26-24(29)11-12-27-20-8-6-5-7-19(20)21(28)14-25-27/h5-10,13-14,16-17H,11-12,15H2,1-4H3,(H,26,29). The molecule has 0 saturated heterocycles. The monoisotopic (exact) mass is 423 g/mol. The lowest BCUT2D eigenvalue weighted by molar-refractivity contribution is -0.122. The first kappa shape index (κ1) is 22.3. The van der Waals surface area contributed by atoms with Gasteiger partial charge in [-0.25, -0.2) is 0 Å². The second-order valence-corrected chi connectivity index (χ2v) is 7.90. The number of carbonyl (C=O) groups is 1. The van der Waals surface area contributed by atoms with Crippen molar-refractivity contribution in [3.63, 3.8) is 0 Å². The number of carbonyl (C=O) groups excluding carboxylic acids is 1. The fourth-order valence-corrected chi connectivity index (χ4v) is 3.27. The van der Waals surface area contributed by atoms with Crippen LogP contribution in [-0.4, -0.2) is 29.4 Å². The number of nitrogens with zero attached hydrogens (tertiary/aromatic N) is 2. The SMILES string of the molecule is COc1cc(C(C)NC(=O)CCn2ncc(=O)c3ccccc32)ccc1OCC(C)C. The predicted octanol–water partition coefficient (Wildman–Crippen LogP) is 3.71. The van der Waals surface area contributed by atoms with E-state index in [2.05, 4.69) is 24.3 Å². The average molecular weight is 424 g/mol. The lowest BCUT2D eigenvalue weighted by atomic mass is 10.1. The zero-order valence-electron chi connectivity index (χ0n) is 18.4. The van der Waals surface area contributed by atoms with Crippen LogP contribution in [0.2, 0.25) is 0 Å². The van der Waals surface area contributed by atoms with Crippen LogP contribution in [0.5, 0.6) is 11.5 Å². The van der Waals surface area contributed by atoms with Gasteiger partial charge in [-0.05, 0) is 42.7 Å². The van der Waals surface area contributed by atoms with E-state index in [4.69, 9.17) is 9.47 Å². The first-order valence-corrected chi connectivity index (χ1v) is 10.4. The Bertz CT molecular complexity index is 1110. The fourth-order valence-electron chi connectivity index (χ4n) is 3.27. The largest absolute Gasteiger partial charge is 0.493 e. The minimum atomic E-state index is -0.195. The number of benzene rings is 2. The van der Waals surface area contributed by atoms with Gasteiger partial charge in [0.15, 0.2) is 11.5 Å². The molecule has 3 aromatic rings.